The van der Waals surface area contributed by atoms with Gasteiger partial charge in [0.15, 0.2) is 0 Å². The standard InChI is InChI=1S/C11H11NO4/c13-5-7-8-9(7)11(15)12(10(8)14)4-6-2-1-3-16-6/h1-3,7-9,13H,4-5H2. The number of imide groups is 1. The monoisotopic (exact) mass is 221 g/mol. The summed E-state index contributed by atoms with van der Waals surface area (Å²) in [6.07, 6.45) is 1.51. The van der Waals surface area contributed by atoms with Gasteiger partial charge in [0, 0.05) is 12.5 Å². The quantitative estimate of drug-likeness (QED) is 0.729. The molecule has 1 aliphatic carbocycles. The van der Waals surface area contributed by atoms with Gasteiger partial charge in [0.2, 0.25) is 11.8 Å². The van der Waals surface area contributed by atoms with Gasteiger partial charge < -0.3 is 9.52 Å². The topological polar surface area (TPSA) is 70.8 Å². The predicted molar refractivity (Wildman–Crippen MR) is 51.8 cm³/mol. The Kier molecular flexibility index (Phi) is 1.91. The van der Waals surface area contributed by atoms with Gasteiger partial charge in [0.25, 0.3) is 0 Å². The van der Waals surface area contributed by atoms with Crippen LogP contribution < -0.4 is 0 Å². The normalized spacial score (nSPS) is 32.1. The third-order valence-corrected chi connectivity index (χ3v) is 3.38. The van der Waals surface area contributed by atoms with Crippen molar-refractivity contribution in [1.29, 1.82) is 0 Å². The Hall–Kier alpha value is -1.62. The molecule has 2 fully saturated rings. The fourth-order valence-electron chi connectivity index (χ4n) is 2.46. The first kappa shape index (κ1) is 9.59. The molecule has 1 saturated carbocycles. The van der Waals surface area contributed by atoms with Gasteiger partial charge in [-0.25, -0.2) is 0 Å². The smallest absolute Gasteiger partial charge is 0.233 e. The molecule has 5 nitrogen and oxygen atoms in total. The van der Waals surface area contributed by atoms with Gasteiger partial charge in [0.05, 0.1) is 24.6 Å². The lowest BCUT2D eigenvalue weighted by atomic mass is 10.2. The van der Waals surface area contributed by atoms with E-state index >= 15 is 0 Å². The maximum Gasteiger partial charge on any atom is 0.233 e. The molecule has 1 aromatic heterocycles. The number of amides is 2. The molecule has 0 aromatic carbocycles. The van der Waals surface area contributed by atoms with E-state index < -0.39 is 0 Å². The van der Waals surface area contributed by atoms with E-state index in [1.165, 1.54) is 11.2 Å². The zero-order chi connectivity index (χ0) is 11.3. The second kappa shape index (κ2) is 3.18. The number of hydrogen-bond acceptors (Lipinski definition) is 4. The molecule has 1 aliphatic heterocycles. The number of piperidine rings is 1. The number of hydrogen-bond donors (Lipinski definition) is 1. The van der Waals surface area contributed by atoms with E-state index in [4.69, 9.17) is 9.52 Å². The first-order chi connectivity index (χ1) is 7.74. The Labute approximate surface area is 91.6 Å². The Morgan fingerprint density at radius 1 is 1.31 bits per heavy atom. The number of rotatable bonds is 3. The minimum atomic E-state index is -0.285. The molecule has 0 spiro atoms. The second-order valence-corrected chi connectivity index (χ2v) is 4.24. The van der Waals surface area contributed by atoms with Crippen molar-refractivity contribution in [2.24, 2.45) is 17.8 Å². The highest BCUT2D eigenvalue weighted by atomic mass is 16.3. The average Bonchev–Trinajstić information content (AvgIpc) is 2.69. The summed E-state index contributed by atoms with van der Waals surface area (Å²) in [4.78, 5) is 24.8. The van der Waals surface area contributed by atoms with Crippen LogP contribution in [-0.4, -0.2) is 28.4 Å². The predicted octanol–water partition coefficient (Wildman–Crippen LogP) is 0.00290. The van der Waals surface area contributed by atoms with Crippen LogP contribution in [0.4, 0.5) is 0 Å². The van der Waals surface area contributed by atoms with E-state index in [-0.39, 0.29) is 42.7 Å². The SMILES string of the molecule is O=C1C2C(CO)C2C(=O)N1Cc1ccco1. The summed E-state index contributed by atoms with van der Waals surface area (Å²) in [5, 5.41) is 8.95. The van der Waals surface area contributed by atoms with Crippen molar-refractivity contribution in [3.05, 3.63) is 24.2 Å². The Balaban J connectivity index is 1.76. The molecule has 2 unspecified atom stereocenters. The van der Waals surface area contributed by atoms with E-state index in [0.717, 1.165) is 0 Å². The first-order valence-corrected chi connectivity index (χ1v) is 5.22. The molecule has 0 bridgehead atoms. The number of aliphatic hydroxyl groups excluding tert-OH is 1. The van der Waals surface area contributed by atoms with Crippen molar-refractivity contribution in [3.63, 3.8) is 0 Å². The van der Waals surface area contributed by atoms with E-state index in [0.29, 0.717) is 5.76 Å². The van der Waals surface area contributed by atoms with Gasteiger partial charge in [-0.3, -0.25) is 14.5 Å². The maximum atomic E-state index is 11.8. The molecule has 1 N–H and O–H groups in total. The molecule has 2 atom stereocenters. The van der Waals surface area contributed by atoms with Gasteiger partial charge in [-0.1, -0.05) is 0 Å². The first-order valence-electron chi connectivity index (χ1n) is 5.22. The number of carbonyl (C=O) groups excluding carboxylic acids is 2. The lowest BCUT2D eigenvalue weighted by Gasteiger charge is -2.16. The summed E-state index contributed by atoms with van der Waals surface area (Å²) in [6, 6.07) is 3.45. The summed E-state index contributed by atoms with van der Waals surface area (Å²) >= 11 is 0. The van der Waals surface area contributed by atoms with Gasteiger partial charge in [-0.15, -0.1) is 0 Å². The summed E-state index contributed by atoms with van der Waals surface area (Å²) < 4.78 is 5.10. The van der Waals surface area contributed by atoms with Crippen LogP contribution in [0.25, 0.3) is 0 Å². The largest absolute Gasteiger partial charge is 0.467 e. The molecule has 0 radical (unpaired) electrons. The summed E-state index contributed by atoms with van der Waals surface area (Å²) in [5.41, 5.74) is 0. The van der Waals surface area contributed by atoms with Crippen LogP contribution in [0.2, 0.25) is 0 Å². The molecule has 3 rings (SSSR count). The highest BCUT2D eigenvalue weighted by Crippen LogP contribution is 2.53. The Bertz CT molecular complexity index is 417. The summed E-state index contributed by atoms with van der Waals surface area (Å²) in [7, 11) is 0. The van der Waals surface area contributed by atoms with E-state index in [1.807, 2.05) is 0 Å². The minimum Gasteiger partial charge on any atom is -0.467 e. The van der Waals surface area contributed by atoms with Crippen LogP contribution >= 0.6 is 0 Å². The van der Waals surface area contributed by atoms with E-state index in [1.54, 1.807) is 12.1 Å². The van der Waals surface area contributed by atoms with Crippen molar-refractivity contribution in [2.75, 3.05) is 6.61 Å². The van der Waals surface area contributed by atoms with Crippen LogP contribution in [-0.2, 0) is 16.1 Å². The van der Waals surface area contributed by atoms with Gasteiger partial charge in [-0.2, -0.15) is 0 Å². The maximum absolute atomic E-state index is 11.8. The Morgan fingerprint density at radius 3 is 2.50 bits per heavy atom. The number of likely N-dealkylation sites (tertiary alicyclic amines) is 1. The van der Waals surface area contributed by atoms with Gasteiger partial charge in [0.1, 0.15) is 5.76 Å². The third kappa shape index (κ3) is 1.15. The molecule has 2 amide bonds. The highest BCUT2D eigenvalue weighted by Gasteiger charge is 2.66. The number of carbonyl (C=O) groups is 2. The zero-order valence-corrected chi connectivity index (χ0v) is 8.50. The van der Waals surface area contributed by atoms with Crippen molar-refractivity contribution in [3.8, 4) is 0 Å². The van der Waals surface area contributed by atoms with Crippen LogP contribution in [0.15, 0.2) is 22.8 Å². The summed E-state index contributed by atoms with van der Waals surface area (Å²) in [5.74, 6) is -0.466. The lowest BCUT2D eigenvalue weighted by molar-refractivity contribution is -0.143. The van der Waals surface area contributed by atoms with Crippen LogP contribution in [0.1, 0.15) is 5.76 Å². The van der Waals surface area contributed by atoms with Crippen LogP contribution in [0.5, 0.6) is 0 Å². The van der Waals surface area contributed by atoms with E-state index in [2.05, 4.69) is 0 Å². The molecule has 2 aliphatic rings. The molecular formula is C11H11NO4. The van der Waals surface area contributed by atoms with Crippen LogP contribution in [0, 0.1) is 17.8 Å². The lowest BCUT2D eigenvalue weighted by Crippen LogP contribution is -2.34. The zero-order valence-electron chi connectivity index (χ0n) is 8.50. The molecule has 1 aromatic rings. The molecule has 1 saturated heterocycles. The molecular weight excluding hydrogens is 210 g/mol. The van der Waals surface area contributed by atoms with Crippen molar-refractivity contribution < 1.29 is 19.1 Å². The number of aliphatic hydroxyl groups is 1. The minimum absolute atomic E-state index is 0.0819. The van der Waals surface area contributed by atoms with Crippen molar-refractivity contribution in [2.45, 2.75) is 6.54 Å². The average molecular weight is 221 g/mol. The highest BCUT2D eigenvalue weighted by molar-refractivity contribution is 6.09. The summed E-state index contributed by atoms with van der Waals surface area (Å²) in [6.45, 7) is 0.122. The van der Waals surface area contributed by atoms with Gasteiger partial charge >= 0.3 is 0 Å². The number of furan rings is 1. The van der Waals surface area contributed by atoms with Crippen molar-refractivity contribution in [1.82, 2.24) is 4.90 Å². The fourth-order valence-corrected chi connectivity index (χ4v) is 2.46. The van der Waals surface area contributed by atoms with Gasteiger partial charge in [-0.05, 0) is 12.1 Å². The number of fused-ring (bicyclic) bond motifs is 1. The molecule has 84 valence electrons. The van der Waals surface area contributed by atoms with Crippen molar-refractivity contribution >= 4 is 11.8 Å². The fraction of sp³-hybridized carbons (Fsp3) is 0.455. The number of nitrogens with zero attached hydrogens (tertiary/aromatic N) is 1. The Morgan fingerprint density at radius 2 is 2.00 bits per heavy atom. The third-order valence-electron chi connectivity index (χ3n) is 3.38. The molecule has 5 heteroatoms. The van der Waals surface area contributed by atoms with E-state index in [9.17, 15) is 9.59 Å². The van der Waals surface area contributed by atoms with Crippen LogP contribution in [0.3, 0.4) is 0 Å². The molecule has 16 heavy (non-hydrogen) atoms. The molecule has 2 heterocycles. The second-order valence-electron chi connectivity index (χ2n) is 4.24.